The van der Waals surface area contributed by atoms with Gasteiger partial charge in [0.1, 0.15) is 0 Å². The van der Waals surface area contributed by atoms with Gasteiger partial charge in [0.2, 0.25) is 5.91 Å². The van der Waals surface area contributed by atoms with Gasteiger partial charge in [-0.1, -0.05) is 25.3 Å². The van der Waals surface area contributed by atoms with Crippen molar-refractivity contribution in [3.63, 3.8) is 0 Å². The van der Waals surface area contributed by atoms with Crippen LogP contribution in [-0.2, 0) is 17.8 Å². The molecule has 4 heteroatoms. The number of nitrogens with zero attached hydrogens (tertiary/aromatic N) is 2. The van der Waals surface area contributed by atoms with Crippen LogP contribution in [-0.4, -0.2) is 28.9 Å². The average molecular weight is 287 g/mol. The van der Waals surface area contributed by atoms with E-state index >= 15 is 0 Å². The van der Waals surface area contributed by atoms with Crippen LogP contribution in [0.4, 0.5) is 0 Å². The monoisotopic (exact) mass is 287 g/mol. The highest BCUT2D eigenvalue weighted by Gasteiger charge is 2.35. The summed E-state index contributed by atoms with van der Waals surface area (Å²) >= 11 is 0. The molecule has 1 saturated carbocycles. The highest BCUT2D eigenvalue weighted by Crippen LogP contribution is 2.39. The lowest BCUT2D eigenvalue weighted by atomic mass is 9.71. The third-order valence-electron chi connectivity index (χ3n) is 5.19. The predicted molar refractivity (Wildman–Crippen MR) is 82.5 cm³/mol. The van der Waals surface area contributed by atoms with Gasteiger partial charge in [0.25, 0.3) is 0 Å². The molecular formula is C17H25N3O. The number of nitrogens with two attached hydrogens (primary N) is 1. The number of hydrogen-bond acceptors (Lipinski definition) is 3. The molecule has 4 nitrogen and oxygen atoms in total. The second-order valence-electron chi connectivity index (χ2n) is 6.62. The zero-order valence-corrected chi connectivity index (χ0v) is 12.7. The number of hydrogen-bond donors (Lipinski definition) is 1. The molecule has 0 spiro atoms. The Hall–Kier alpha value is -1.42. The minimum atomic E-state index is 0.0601. The first-order chi connectivity index (χ1) is 10.2. The van der Waals surface area contributed by atoms with Crippen molar-refractivity contribution in [3.8, 4) is 0 Å². The topological polar surface area (TPSA) is 59.2 Å². The summed E-state index contributed by atoms with van der Waals surface area (Å²) in [5.41, 5.74) is 8.41. The van der Waals surface area contributed by atoms with Crippen molar-refractivity contribution in [2.75, 3.05) is 13.1 Å². The van der Waals surface area contributed by atoms with Gasteiger partial charge in [-0.2, -0.15) is 0 Å². The van der Waals surface area contributed by atoms with E-state index in [4.69, 9.17) is 5.73 Å². The van der Waals surface area contributed by atoms with Crippen molar-refractivity contribution in [2.24, 2.45) is 11.1 Å². The Morgan fingerprint density at radius 1 is 1.33 bits per heavy atom. The molecule has 1 aromatic heterocycles. The second kappa shape index (κ2) is 6.14. The molecule has 1 fully saturated rings. The summed E-state index contributed by atoms with van der Waals surface area (Å²) in [6.45, 7) is 2.15. The van der Waals surface area contributed by atoms with Crippen molar-refractivity contribution >= 4 is 5.91 Å². The zero-order chi connectivity index (χ0) is 14.7. The Labute approximate surface area is 126 Å². The fourth-order valence-electron chi connectivity index (χ4n) is 3.77. The molecule has 1 aliphatic heterocycles. The minimum absolute atomic E-state index is 0.0601. The normalized spacial score (nSPS) is 20.9. The van der Waals surface area contributed by atoms with Crippen molar-refractivity contribution in [2.45, 2.75) is 51.5 Å². The Bertz CT molecular complexity index is 509. The fraction of sp³-hybridized carbons (Fsp3) is 0.647. The Morgan fingerprint density at radius 3 is 2.90 bits per heavy atom. The molecular weight excluding hydrogens is 262 g/mol. The SMILES string of the molecule is NCC1(CC(=O)N2CCc3ncccc3C2)CCCCC1. The van der Waals surface area contributed by atoms with Crippen LogP contribution in [0.3, 0.4) is 0 Å². The molecule has 21 heavy (non-hydrogen) atoms. The van der Waals surface area contributed by atoms with E-state index < -0.39 is 0 Å². The number of carbonyl (C=O) groups is 1. The largest absolute Gasteiger partial charge is 0.338 e. The maximum absolute atomic E-state index is 12.7. The quantitative estimate of drug-likeness (QED) is 0.927. The predicted octanol–water partition coefficient (Wildman–Crippen LogP) is 2.27. The number of amides is 1. The molecule has 0 aromatic carbocycles. The molecule has 2 aliphatic rings. The van der Waals surface area contributed by atoms with E-state index in [1.165, 1.54) is 24.8 Å². The third-order valence-corrected chi connectivity index (χ3v) is 5.19. The molecule has 0 atom stereocenters. The number of pyridine rings is 1. The first-order valence-corrected chi connectivity index (χ1v) is 8.13. The lowest BCUT2D eigenvalue weighted by molar-refractivity contribution is -0.135. The molecule has 114 valence electrons. The van der Waals surface area contributed by atoms with Crippen LogP contribution >= 0.6 is 0 Å². The molecule has 0 bridgehead atoms. The standard InChI is InChI=1S/C17H25N3O/c18-13-17(7-2-1-3-8-17)11-16(21)20-10-6-15-14(12-20)5-4-9-19-15/h4-5,9H,1-3,6-8,10-13,18H2. The Balaban J connectivity index is 1.66. The van der Waals surface area contributed by atoms with E-state index in [0.717, 1.165) is 31.5 Å². The lowest BCUT2D eigenvalue weighted by Crippen LogP contribution is -2.42. The molecule has 0 radical (unpaired) electrons. The van der Waals surface area contributed by atoms with E-state index in [0.29, 0.717) is 19.5 Å². The van der Waals surface area contributed by atoms with Crippen LogP contribution in [0.1, 0.15) is 49.8 Å². The summed E-state index contributed by atoms with van der Waals surface area (Å²) < 4.78 is 0. The van der Waals surface area contributed by atoms with E-state index in [1.54, 1.807) is 0 Å². The van der Waals surface area contributed by atoms with Gasteiger partial charge in [-0.25, -0.2) is 0 Å². The molecule has 1 amide bonds. The minimum Gasteiger partial charge on any atom is -0.338 e. The number of carbonyl (C=O) groups excluding carboxylic acids is 1. The Kier molecular flexibility index (Phi) is 4.24. The van der Waals surface area contributed by atoms with Crippen molar-refractivity contribution < 1.29 is 4.79 Å². The van der Waals surface area contributed by atoms with Crippen molar-refractivity contribution in [1.82, 2.24) is 9.88 Å². The zero-order valence-electron chi connectivity index (χ0n) is 12.7. The van der Waals surface area contributed by atoms with Crippen LogP contribution in [0.15, 0.2) is 18.3 Å². The van der Waals surface area contributed by atoms with E-state index in [9.17, 15) is 4.79 Å². The number of aromatic nitrogens is 1. The summed E-state index contributed by atoms with van der Waals surface area (Å²) in [4.78, 5) is 19.1. The fourth-order valence-corrected chi connectivity index (χ4v) is 3.77. The molecule has 0 saturated heterocycles. The highest BCUT2D eigenvalue weighted by atomic mass is 16.2. The lowest BCUT2D eigenvalue weighted by Gasteiger charge is -2.38. The summed E-state index contributed by atoms with van der Waals surface area (Å²) in [6, 6.07) is 4.04. The van der Waals surface area contributed by atoms with Crippen LogP contribution in [0.2, 0.25) is 0 Å². The van der Waals surface area contributed by atoms with Crippen LogP contribution in [0.25, 0.3) is 0 Å². The Morgan fingerprint density at radius 2 is 2.14 bits per heavy atom. The summed E-state index contributed by atoms with van der Waals surface area (Å²) in [5.74, 6) is 0.275. The van der Waals surface area contributed by atoms with Gasteiger partial charge in [-0.05, 0) is 36.4 Å². The van der Waals surface area contributed by atoms with Gasteiger partial charge in [0.15, 0.2) is 0 Å². The maximum atomic E-state index is 12.7. The molecule has 2 N–H and O–H groups in total. The van der Waals surface area contributed by atoms with Crippen LogP contribution in [0.5, 0.6) is 0 Å². The van der Waals surface area contributed by atoms with E-state index in [1.807, 2.05) is 17.2 Å². The van der Waals surface area contributed by atoms with Gasteiger partial charge >= 0.3 is 0 Å². The molecule has 1 aliphatic carbocycles. The van der Waals surface area contributed by atoms with Gasteiger partial charge in [0, 0.05) is 37.8 Å². The maximum Gasteiger partial charge on any atom is 0.223 e. The van der Waals surface area contributed by atoms with Crippen molar-refractivity contribution in [3.05, 3.63) is 29.6 Å². The van der Waals surface area contributed by atoms with Crippen molar-refractivity contribution in [1.29, 1.82) is 0 Å². The smallest absolute Gasteiger partial charge is 0.223 e. The van der Waals surface area contributed by atoms with Gasteiger partial charge in [-0.15, -0.1) is 0 Å². The van der Waals surface area contributed by atoms with E-state index in [-0.39, 0.29) is 11.3 Å². The van der Waals surface area contributed by atoms with E-state index in [2.05, 4.69) is 11.1 Å². The molecule has 3 rings (SSSR count). The average Bonchev–Trinajstić information content (AvgIpc) is 2.55. The summed E-state index contributed by atoms with van der Waals surface area (Å²) in [7, 11) is 0. The van der Waals surface area contributed by atoms with Crippen LogP contribution < -0.4 is 5.73 Å². The second-order valence-corrected chi connectivity index (χ2v) is 6.62. The number of rotatable bonds is 3. The highest BCUT2D eigenvalue weighted by molar-refractivity contribution is 5.77. The third kappa shape index (κ3) is 3.10. The molecule has 2 heterocycles. The molecule has 1 aromatic rings. The van der Waals surface area contributed by atoms with Crippen LogP contribution in [0, 0.1) is 5.41 Å². The summed E-state index contributed by atoms with van der Waals surface area (Å²) in [5, 5.41) is 0. The molecule has 0 unspecified atom stereocenters. The first-order valence-electron chi connectivity index (χ1n) is 8.13. The van der Waals surface area contributed by atoms with Gasteiger partial charge in [0.05, 0.1) is 0 Å². The summed E-state index contributed by atoms with van der Waals surface area (Å²) in [6.07, 6.45) is 9.29. The first kappa shape index (κ1) is 14.5. The van der Waals surface area contributed by atoms with Gasteiger partial charge < -0.3 is 10.6 Å². The number of fused-ring (bicyclic) bond motifs is 1. The van der Waals surface area contributed by atoms with Gasteiger partial charge in [-0.3, -0.25) is 9.78 Å².